The lowest BCUT2D eigenvalue weighted by Crippen LogP contribution is -2.40. The van der Waals surface area contributed by atoms with Crippen LogP contribution in [0.25, 0.3) is 11.3 Å². The lowest BCUT2D eigenvalue weighted by atomic mass is 9.63. The molecule has 31 heavy (non-hydrogen) atoms. The number of nitro groups is 1. The third kappa shape index (κ3) is 2.64. The van der Waals surface area contributed by atoms with Crippen LogP contribution in [0.1, 0.15) is 12.2 Å². The number of nitrogens with zero attached hydrogens (tertiary/aromatic N) is 3. The molecule has 6 atom stereocenters. The maximum atomic E-state index is 12.9. The van der Waals surface area contributed by atoms with Crippen LogP contribution in [0.5, 0.6) is 0 Å². The minimum atomic E-state index is -0.562. The van der Waals surface area contributed by atoms with Crippen LogP contribution in [0.2, 0.25) is 5.02 Å². The Balaban J connectivity index is 1.24. The van der Waals surface area contributed by atoms with E-state index in [0.29, 0.717) is 28.9 Å². The molecule has 8 nitrogen and oxygen atoms in total. The Morgan fingerprint density at radius 2 is 1.77 bits per heavy atom. The van der Waals surface area contributed by atoms with Gasteiger partial charge in [0.05, 0.1) is 23.0 Å². The van der Waals surface area contributed by atoms with E-state index in [1.807, 2.05) is 0 Å². The minimum Gasteiger partial charge on any atom is -0.455 e. The second kappa shape index (κ2) is 6.37. The molecule has 2 aromatic rings. The number of hydrazone groups is 1. The Labute approximate surface area is 181 Å². The molecule has 0 spiro atoms. The minimum absolute atomic E-state index is 0.0377. The van der Waals surface area contributed by atoms with Crippen LogP contribution in [0, 0.1) is 45.6 Å². The number of amides is 2. The van der Waals surface area contributed by atoms with Gasteiger partial charge in [-0.1, -0.05) is 23.8 Å². The molecule has 1 aliphatic heterocycles. The molecule has 4 aliphatic carbocycles. The number of allylic oxidation sites excluding steroid dienone is 2. The topological polar surface area (TPSA) is 106 Å². The van der Waals surface area contributed by atoms with Gasteiger partial charge < -0.3 is 4.42 Å². The van der Waals surface area contributed by atoms with Gasteiger partial charge in [0.25, 0.3) is 17.5 Å². The summed E-state index contributed by atoms with van der Waals surface area (Å²) in [6, 6.07) is 7.63. The van der Waals surface area contributed by atoms with E-state index in [2.05, 4.69) is 17.3 Å². The van der Waals surface area contributed by atoms with Gasteiger partial charge in [-0.2, -0.15) is 10.1 Å². The molecule has 156 valence electrons. The number of rotatable bonds is 4. The highest BCUT2D eigenvalue weighted by molar-refractivity contribution is 6.32. The van der Waals surface area contributed by atoms with Gasteiger partial charge in [-0.3, -0.25) is 19.7 Å². The summed E-state index contributed by atoms with van der Waals surface area (Å²) < 4.78 is 5.70. The van der Waals surface area contributed by atoms with Crippen LogP contribution < -0.4 is 0 Å². The van der Waals surface area contributed by atoms with E-state index in [4.69, 9.17) is 16.0 Å². The molecule has 1 aromatic heterocycles. The van der Waals surface area contributed by atoms with Crippen molar-refractivity contribution < 1.29 is 18.9 Å². The first-order valence-electron chi connectivity index (χ1n) is 10.1. The van der Waals surface area contributed by atoms with Crippen molar-refractivity contribution in [3.63, 3.8) is 0 Å². The van der Waals surface area contributed by atoms with Crippen molar-refractivity contribution >= 4 is 35.3 Å². The van der Waals surface area contributed by atoms with Crippen LogP contribution in [-0.4, -0.2) is 28.0 Å². The number of carbonyl (C=O) groups is 2. The number of furan rings is 1. The van der Waals surface area contributed by atoms with Crippen molar-refractivity contribution in [1.82, 2.24) is 5.01 Å². The third-order valence-electron chi connectivity index (χ3n) is 6.99. The number of nitro benzene ring substituents is 1. The van der Waals surface area contributed by atoms with Gasteiger partial charge in [0.2, 0.25) is 0 Å². The summed E-state index contributed by atoms with van der Waals surface area (Å²) in [5.41, 5.74) is 0.264. The quantitative estimate of drug-likeness (QED) is 0.237. The number of halogens is 1. The summed E-state index contributed by atoms with van der Waals surface area (Å²) in [4.78, 5) is 36.4. The van der Waals surface area contributed by atoms with E-state index < -0.39 is 4.92 Å². The molecule has 0 N–H and O–H groups in total. The molecule has 7 rings (SSSR count). The Morgan fingerprint density at radius 3 is 2.42 bits per heavy atom. The molecule has 2 heterocycles. The van der Waals surface area contributed by atoms with Gasteiger partial charge in [0.1, 0.15) is 16.5 Å². The van der Waals surface area contributed by atoms with Crippen molar-refractivity contribution in [2.75, 3.05) is 0 Å². The fourth-order valence-corrected chi connectivity index (χ4v) is 5.74. The molecule has 9 heteroatoms. The summed E-state index contributed by atoms with van der Waals surface area (Å²) >= 11 is 5.85. The molecular formula is C22H16ClN3O5. The zero-order chi connectivity index (χ0) is 21.4. The zero-order valence-electron chi connectivity index (χ0n) is 16.1. The van der Waals surface area contributed by atoms with Gasteiger partial charge in [0.15, 0.2) is 0 Å². The number of carbonyl (C=O) groups excluding carboxylic acids is 2. The molecule has 0 unspecified atom stereocenters. The molecule has 2 amide bonds. The van der Waals surface area contributed by atoms with E-state index in [1.54, 1.807) is 18.2 Å². The van der Waals surface area contributed by atoms with Crippen LogP contribution in [0.4, 0.5) is 5.69 Å². The summed E-state index contributed by atoms with van der Waals surface area (Å²) in [5.74, 6) is 0.992. The highest BCUT2D eigenvalue weighted by Crippen LogP contribution is 2.65. The van der Waals surface area contributed by atoms with E-state index in [0.717, 1.165) is 11.4 Å². The summed E-state index contributed by atoms with van der Waals surface area (Å²) in [5, 5.41) is 16.3. The fourth-order valence-electron chi connectivity index (χ4n) is 5.55. The standard InChI is InChI=1S/C22H16ClN3O5/c23-16-5-1-10(7-17(16)26(29)30)18-6-2-11(31-18)9-24-25-21(27)19-12-3-4-13(15-8-14(12)15)20(19)22(25)28/h1-7,9,12-15,19-20H,8H2/b24-9+/t12-,13-,14-,15-,19-,20+/m1/s1. The second-order valence-electron chi connectivity index (χ2n) is 8.51. The van der Waals surface area contributed by atoms with E-state index in [-0.39, 0.29) is 46.2 Å². The average Bonchev–Trinajstić information content (AvgIpc) is 3.39. The zero-order valence-corrected chi connectivity index (χ0v) is 16.8. The highest BCUT2D eigenvalue weighted by Gasteiger charge is 2.67. The van der Waals surface area contributed by atoms with Crippen LogP contribution in [0.15, 0.2) is 52.0 Å². The lowest BCUT2D eigenvalue weighted by Gasteiger charge is -2.37. The Hall–Kier alpha value is -3.26. The Kier molecular flexibility index (Phi) is 3.80. The smallest absolute Gasteiger partial charge is 0.288 e. The lowest BCUT2D eigenvalue weighted by molar-refractivity contribution is -0.384. The molecular weight excluding hydrogens is 422 g/mol. The molecule has 1 saturated heterocycles. The first-order valence-corrected chi connectivity index (χ1v) is 10.5. The van der Waals surface area contributed by atoms with Gasteiger partial charge >= 0.3 is 0 Å². The first-order chi connectivity index (χ1) is 14.9. The number of hydrogen-bond donors (Lipinski definition) is 0. The average molecular weight is 438 g/mol. The van der Waals surface area contributed by atoms with Crippen molar-refractivity contribution in [2.45, 2.75) is 6.42 Å². The predicted octanol–water partition coefficient (Wildman–Crippen LogP) is 3.90. The predicted molar refractivity (Wildman–Crippen MR) is 110 cm³/mol. The van der Waals surface area contributed by atoms with Crippen LogP contribution >= 0.6 is 11.6 Å². The molecule has 3 fully saturated rings. The summed E-state index contributed by atoms with van der Waals surface area (Å²) in [7, 11) is 0. The van der Waals surface area contributed by atoms with Gasteiger partial charge in [-0.25, -0.2) is 0 Å². The first kappa shape index (κ1) is 18.5. The van der Waals surface area contributed by atoms with Crippen molar-refractivity contribution in [2.24, 2.45) is 40.6 Å². The number of benzene rings is 1. The number of hydrogen-bond acceptors (Lipinski definition) is 6. The van der Waals surface area contributed by atoms with Crippen molar-refractivity contribution in [3.8, 4) is 11.3 Å². The Morgan fingerprint density at radius 1 is 1.10 bits per heavy atom. The summed E-state index contributed by atoms with van der Waals surface area (Å²) in [6.07, 6.45) is 6.67. The van der Waals surface area contributed by atoms with Crippen LogP contribution in [-0.2, 0) is 9.59 Å². The maximum absolute atomic E-state index is 12.9. The number of imide groups is 1. The highest BCUT2D eigenvalue weighted by atomic mass is 35.5. The molecule has 5 aliphatic rings. The van der Waals surface area contributed by atoms with Crippen molar-refractivity contribution in [3.05, 3.63) is 63.4 Å². The van der Waals surface area contributed by atoms with E-state index in [9.17, 15) is 19.7 Å². The van der Waals surface area contributed by atoms with E-state index >= 15 is 0 Å². The normalized spacial score (nSPS) is 32.6. The van der Waals surface area contributed by atoms with E-state index in [1.165, 1.54) is 18.3 Å². The third-order valence-corrected chi connectivity index (χ3v) is 7.31. The molecule has 2 bridgehead atoms. The summed E-state index contributed by atoms with van der Waals surface area (Å²) in [6.45, 7) is 0. The fraction of sp³-hybridized carbons (Fsp3) is 0.318. The molecule has 2 saturated carbocycles. The molecule has 0 radical (unpaired) electrons. The SMILES string of the molecule is O=C1[C@@H]2[C@@H]3C=C[C@H]([C@H]4C[C@H]34)[C@@H]2C(=O)N1/N=C/c1ccc(-c2ccc(Cl)c([N+](=O)[O-])c2)o1. The Bertz CT molecular complexity index is 1180. The molecule has 1 aromatic carbocycles. The van der Waals surface area contributed by atoms with Crippen LogP contribution in [0.3, 0.4) is 0 Å². The van der Waals surface area contributed by atoms with Gasteiger partial charge in [0, 0.05) is 11.6 Å². The van der Waals surface area contributed by atoms with Crippen molar-refractivity contribution in [1.29, 1.82) is 0 Å². The monoisotopic (exact) mass is 437 g/mol. The maximum Gasteiger partial charge on any atom is 0.288 e. The largest absolute Gasteiger partial charge is 0.455 e. The van der Waals surface area contributed by atoms with Gasteiger partial charge in [-0.15, -0.1) is 0 Å². The van der Waals surface area contributed by atoms with Gasteiger partial charge in [-0.05, 0) is 54.4 Å². The second-order valence-corrected chi connectivity index (χ2v) is 8.92.